The lowest BCUT2D eigenvalue weighted by atomic mass is 9.92. The summed E-state index contributed by atoms with van der Waals surface area (Å²) in [7, 11) is 1.94. The number of piperidine rings is 1. The van der Waals surface area contributed by atoms with E-state index in [4.69, 9.17) is 0 Å². The summed E-state index contributed by atoms with van der Waals surface area (Å²) in [6.07, 6.45) is 5.12. The Balaban J connectivity index is 1.58. The van der Waals surface area contributed by atoms with Crippen LogP contribution < -0.4 is 5.32 Å². The summed E-state index contributed by atoms with van der Waals surface area (Å²) in [6.45, 7) is 0.908. The van der Waals surface area contributed by atoms with Crippen molar-refractivity contribution < 1.29 is 4.79 Å². The van der Waals surface area contributed by atoms with Crippen LogP contribution >= 0.6 is 11.3 Å². The first-order chi connectivity index (χ1) is 8.72. The SMILES string of the molecule is CN(CC1CC2CCC(C1)N2)C(=O)c1cccs1. The summed E-state index contributed by atoms with van der Waals surface area (Å²) in [6, 6.07) is 5.27. The molecule has 18 heavy (non-hydrogen) atoms. The summed E-state index contributed by atoms with van der Waals surface area (Å²) >= 11 is 1.53. The van der Waals surface area contributed by atoms with Crippen molar-refractivity contribution in [1.29, 1.82) is 0 Å². The van der Waals surface area contributed by atoms with Crippen molar-refractivity contribution in [3.63, 3.8) is 0 Å². The van der Waals surface area contributed by atoms with Crippen molar-refractivity contribution in [2.45, 2.75) is 37.8 Å². The van der Waals surface area contributed by atoms with Gasteiger partial charge < -0.3 is 10.2 Å². The Labute approximate surface area is 112 Å². The van der Waals surface area contributed by atoms with Gasteiger partial charge in [0.1, 0.15) is 0 Å². The number of carbonyl (C=O) groups excluding carboxylic acids is 1. The van der Waals surface area contributed by atoms with Crippen LogP contribution in [-0.2, 0) is 0 Å². The van der Waals surface area contributed by atoms with E-state index >= 15 is 0 Å². The first-order valence-corrected chi connectivity index (χ1v) is 7.65. The van der Waals surface area contributed by atoms with Crippen LogP contribution in [0, 0.1) is 5.92 Å². The molecular formula is C14H20N2OS. The fraction of sp³-hybridized carbons (Fsp3) is 0.643. The van der Waals surface area contributed by atoms with Gasteiger partial charge in [-0.25, -0.2) is 0 Å². The van der Waals surface area contributed by atoms with Gasteiger partial charge in [0.05, 0.1) is 4.88 Å². The highest BCUT2D eigenvalue weighted by molar-refractivity contribution is 7.12. The highest BCUT2D eigenvalue weighted by Gasteiger charge is 2.34. The summed E-state index contributed by atoms with van der Waals surface area (Å²) in [5.41, 5.74) is 0. The number of nitrogens with one attached hydrogen (secondary N) is 1. The molecule has 98 valence electrons. The number of rotatable bonds is 3. The second-order valence-corrected chi connectivity index (χ2v) is 6.59. The topological polar surface area (TPSA) is 32.3 Å². The van der Waals surface area contributed by atoms with Crippen LogP contribution in [0.4, 0.5) is 0 Å². The molecule has 2 fully saturated rings. The van der Waals surface area contributed by atoms with Gasteiger partial charge in [0.2, 0.25) is 0 Å². The number of carbonyl (C=O) groups is 1. The van der Waals surface area contributed by atoms with Crippen LogP contribution in [0.3, 0.4) is 0 Å². The predicted molar refractivity (Wildman–Crippen MR) is 73.9 cm³/mol. The molecule has 3 heterocycles. The molecule has 3 nitrogen and oxygen atoms in total. The fourth-order valence-electron chi connectivity index (χ4n) is 3.38. The van der Waals surface area contributed by atoms with Gasteiger partial charge in [-0.2, -0.15) is 0 Å². The Hall–Kier alpha value is -0.870. The Morgan fingerprint density at radius 2 is 2.17 bits per heavy atom. The molecule has 0 radical (unpaired) electrons. The molecule has 2 saturated heterocycles. The molecule has 0 saturated carbocycles. The zero-order valence-electron chi connectivity index (χ0n) is 10.8. The van der Waals surface area contributed by atoms with Crippen molar-refractivity contribution in [1.82, 2.24) is 10.2 Å². The number of amides is 1. The summed E-state index contributed by atoms with van der Waals surface area (Å²) in [4.78, 5) is 14.9. The Kier molecular flexibility index (Phi) is 3.39. The maximum absolute atomic E-state index is 12.2. The molecule has 1 aromatic rings. The van der Waals surface area contributed by atoms with E-state index in [1.165, 1.54) is 37.0 Å². The number of fused-ring (bicyclic) bond motifs is 2. The van der Waals surface area contributed by atoms with Crippen LogP contribution in [-0.4, -0.2) is 36.5 Å². The molecule has 2 aliphatic rings. The van der Waals surface area contributed by atoms with E-state index in [-0.39, 0.29) is 5.91 Å². The first-order valence-electron chi connectivity index (χ1n) is 6.77. The average molecular weight is 264 g/mol. The standard InChI is InChI=1S/C14H20N2OS/c1-16(14(17)13-3-2-6-18-13)9-10-7-11-4-5-12(8-10)15-11/h2-3,6,10-12,15H,4-5,7-9H2,1H3. The second kappa shape index (κ2) is 5.02. The van der Waals surface area contributed by atoms with E-state index in [0.29, 0.717) is 18.0 Å². The molecule has 2 bridgehead atoms. The van der Waals surface area contributed by atoms with Crippen LogP contribution in [0.1, 0.15) is 35.4 Å². The Morgan fingerprint density at radius 1 is 1.44 bits per heavy atom. The quantitative estimate of drug-likeness (QED) is 0.909. The van der Waals surface area contributed by atoms with Crippen molar-refractivity contribution in [3.05, 3.63) is 22.4 Å². The number of hydrogen-bond acceptors (Lipinski definition) is 3. The molecule has 0 spiro atoms. The summed E-state index contributed by atoms with van der Waals surface area (Å²) < 4.78 is 0. The number of thiophene rings is 1. The average Bonchev–Trinajstić information content (AvgIpc) is 2.98. The summed E-state index contributed by atoms with van der Waals surface area (Å²) in [5, 5.41) is 5.61. The maximum atomic E-state index is 12.2. The molecule has 1 N–H and O–H groups in total. The van der Waals surface area contributed by atoms with E-state index in [2.05, 4.69) is 5.32 Å². The molecular weight excluding hydrogens is 244 g/mol. The molecule has 0 aromatic carbocycles. The van der Waals surface area contributed by atoms with Crippen LogP contribution in [0.25, 0.3) is 0 Å². The first kappa shape index (κ1) is 12.2. The van der Waals surface area contributed by atoms with Crippen molar-refractivity contribution in [3.8, 4) is 0 Å². The molecule has 2 atom stereocenters. The van der Waals surface area contributed by atoms with Crippen LogP contribution in [0.2, 0.25) is 0 Å². The van der Waals surface area contributed by atoms with Gasteiger partial charge in [-0.1, -0.05) is 6.07 Å². The molecule has 1 aromatic heterocycles. The zero-order valence-corrected chi connectivity index (χ0v) is 11.6. The molecule has 3 rings (SSSR count). The van der Waals surface area contributed by atoms with Crippen molar-refractivity contribution in [2.75, 3.05) is 13.6 Å². The third kappa shape index (κ3) is 2.45. The smallest absolute Gasteiger partial charge is 0.263 e. The minimum atomic E-state index is 0.177. The third-order valence-corrected chi connectivity index (χ3v) is 5.04. The zero-order chi connectivity index (χ0) is 12.5. The van der Waals surface area contributed by atoms with Crippen molar-refractivity contribution >= 4 is 17.2 Å². The van der Waals surface area contributed by atoms with E-state index in [1.54, 1.807) is 0 Å². The van der Waals surface area contributed by atoms with Gasteiger partial charge in [-0.15, -0.1) is 11.3 Å². The summed E-state index contributed by atoms with van der Waals surface area (Å²) in [5.74, 6) is 0.855. The predicted octanol–water partition coefficient (Wildman–Crippen LogP) is 2.35. The highest BCUT2D eigenvalue weighted by atomic mass is 32.1. The monoisotopic (exact) mass is 264 g/mol. The third-order valence-electron chi connectivity index (χ3n) is 4.18. The molecule has 0 aliphatic carbocycles. The van der Waals surface area contributed by atoms with Gasteiger partial charge >= 0.3 is 0 Å². The van der Waals surface area contributed by atoms with Crippen LogP contribution in [0.15, 0.2) is 17.5 Å². The Morgan fingerprint density at radius 3 is 2.78 bits per heavy atom. The fourth-order valence-corrected chi connectivity index (χ4v) is 4.10. The lowest BCUT2D eigenvalue weighted by molar-refractivity contribution is 0.0759. The van der Waals surface area contributed by atoms with E-state index in [0.717, 1.165) is 11.4 Å². The Bertz CT molecular complexity index is 405. The normalized spacial score (nSPS) is 30.4. The van der Waals surface area contributed by atoms with Gasteiger partial charge in [-0.05, 0) is 43.0 Å². The molecule has 4 heteroatoms. The number of hydrogen-bond donors (Lipinski definition) is 1. The minimum absolute atomic E-state index is 0.177. The number of nitrogens with zero attached hydrogens (tertiary/aromatic N) is 1. The maximum Gasteiger partial charge on any atom is 0.263 e. The van der Waals surface area contributed by atoms with E-state index in [9.17, 15) is 4.79 Å². The highest BCUT2D eigenvalue weighted by Crippen LogP contribution is 2.31. The van der Waals surface area contributed by atoms with Crippen molar-refractivity contribution in [2.24, 2.45) is 5.92 Å². The van der Waals surface area contributed by atoms with Gasteiger partial charge in [0.25, 0.3) is 5.91 Å². The molecule has 2 unspecified atom stereocenters. The molecule has 1 amide bonds. The van der Waals surface area contributed by atoms with Crippen LogP contribution in [0.5, 0.6) is 0 Å². The van der Waals surface area contributed by atoms with E-state index < -0.39 is 0 Å². The van der Waals surface area contributed by atoms with Gasteiger partial charge in [0, 0.05) is 25.7 Å². The van der Waals surface area contributed by atoms with Gasteiger partial charge in [-0.3, -0.25) is 4.79 Å². The lowest BCUT2D eigenvalue weighted by Crippen LogP contribution is -2.42. The minimum Gasteiger partial charge on any atom is -0.341 e. The second-order valence-electron chi connectivity index (χ2n) is 5.64. The largest absolute Gasteiger partial charge is 0.341 e. The van der Waals surface area contributed by atoms with E-state index in [1.807, 2.05) is 29.5 Å². The lowest BCUT2D eigenvalue weighted by Gasteiger charge is -2.31. The van der Waals surface area contributed by atoms with Gasteiger partial charge in [0.15, 0.2) is 0 Å². The molecule has 2 aliphatic heterocycles.